The van der Waals surface area contributed by atoms with Crippen molar-refractivity contribution in [3.05, 3.63) is 65.4 Å². The Morgan fingerprint density at radius 1 is 1.00 bits per heavy atom. The van der Waals surface area contributed by atoms with Gasteiger partial charge in [0.1, 0.15) is 6.61 Å². The number of aromatic nitrogens is 2. The topological polar surface area (TPSA) is 144 Å². The molecule has 0 radical (unpaired) electrons. The van der Waals surface area contributed by atoms with Crippen molar-refractivity contribution in [1.82, 2.24) is 15.6 Å². The average Bonchev–Trinajstić information content (AvgIpc) is 3.56. The molecule has 1 saturated carbocycles. The zero-order chi connectivity index (χ0) is 23.7. The Hall–Kier alpha value is -4.21. The zero-order valence-corrected chi connectivity index (χ0v) is 18.1. The Balaban J connectivity index is 1.21. The first-order chi connectivity index (χ1) is 16.5. The van der Waals surface area contributed by atoms with Gasteiger partial charge in [-0.1, -0.05) is 48.5 Å². The van der Waals surface area contributed by atoms with Crippen molar-refractivity contribution in [3.8, 4) is 11.1 Å². The minimum atomic E-state index is -0.877. The van der Waals surface area contributed by atoms with Crippen LogP contribution in [0.5, 0.6) is 0 Å². The zero-order valence-electron chi connectivity index (χ0n) is 18.1. The first-order valence-electron chi connectivity index (χ1n) is 11.0. The number of carboxylic acid groups (broad SMARTS) is 1. The van der Waals surface area contributed by atoms with Crippen LogP contribution in [0.4, 0.5) is 10.6 Å². The van der Waals surface area contributed by atoms with Gasteiger partial charge >= 0.3 is 12.1 Å². The van der Waals surface area contributed by atoms with Crippen LogP contribution in [-0.2, 0) is 9.53 Å². The molecule has 3 N–H and O–H groups in total. The quantitative estimate of drug-likeness (QED) is 0.506. The number of hydrogen-bond acceptors (Lipinski definition) is 7. The van der Waals surface area contributed by atoms with Gasteiger partial charge in [0.2, 0.25) is 11.5 Å². The molecule has 0 unspecified atom stereocenters. The molecule has 1 aromatic heterocycles. The number of carbonyl (C=O) groups excluding carboxylic acids is 2. The van der Waals surface area contributed by atoms with Crippen molar-refractivity contribution in [2.24, 2.45) is 5.92 Å². The Bertz CT molecular complexity index is 1210. The molecular weight excluding hydrogens is 440 g/mol. The Morgan fingerprint density at radius 2 is 1.68 bits per heavy atom. The molecule has 10 heteroatoms. The van der Waals surface area contributed by atoms with E-state index in [0.29, 0.717) is 19.3 Å². The SMILES string of the molecule is O=C(Nc1nonc1C(=O)N[C@@H]1CC[C@H](C(=O)O)C1)OCC1c2ccccc2-c2ccccc21. The first kappa shape index (κ1) is 21.6. The maximum atomic E-state index is 12.6. The van der Waals surface area contributed by atoms with Crippen molar-refractivity contribution in [3.63, 3.8) is 0 Å². The Labute approximate surface area is 194 Å². The van der Waals surface area contributed by atoms with Gasteiger partial charge in [0, 0.05) is 12.0 Å². The molecule has 0 aliphatic heterocycles. The highest BCUT2D eigenvalue weighted by molar-refractivity contribution is 5.99. The second kappa shape index (κ2) is 8.97. The fourth-order valence-corrected chi connectivity index (χ4v) is 4.74. The number of fused-ring (bicyclic) bond motifs is 3. The molecule has 1 heterocycles. The highest BCUT2D eigenvalue weighted by atomic mass is 16.6. The summed E-state index contributed by atoms with van der Waals surface area (Å²) in [6, 6.07) is 15.7. The maximum Gasteiger partial charge on any atom is 0.412 e. The van der Waals surface area contributed by atoms with E-state index in [-0.39, 0.29) is 30.1 Å². The van der Waals surface area contributed by atoms with Crippen molar-refractivity contribution >= 4 is 23.8 Å². The predicted octanol–water partition coefficient (Wildman–Crippen LogP) is 3.41. The fourth-order valence-electron chi connectivity index (χ4n) is 4.74. The number of hydrogen-bond donors (Lipinski definition) is 3. The van der Waals surface area contributed by atoms with E-state index in [1.54, 1.807) is 0 Å². The van der Waals surface area contributed by atoms with E-state index >= 15 is 0 Å². The van der Waals surface area contributed by atoms with E-state index in [0.717, 1.165) is 22.3 Å². The molecule has 0 saturated heterocycles. The highest BCUT2D eigenvalue weighted by Crippen LogP contribution is 2.44. The standard InChI is InChI=1S/C24H22N4O6/c29-22(25-14-10-9-13(11-14)23(30)31)20-21(28-34-27-20)26-24(32)33-12-19-17-7-3-1-5-15(17)16-6-2-4-8-18(16)19/h1-8,13-14,19H,9-12H2,(H,25,29)(H,30,31)(H,26,28,32)/t13-,14+/m0/s1. The normalized spacial score (nSPS) is 18.7. The lowest BCUT2D eigenvalue weighted by Gasteiger charge is -2.14. The van der Waals surface area contributed by atoms with Crippen LogP contribution in [0.2, 0.25) is 0 Å². The molecule has 2 aromatic carbocycles. The van der Waals surface area contributed by atoms with Gasteiger partial charge in [0.25, 0.3) is 5.91 Å². The largest absolute Gasteiger partial charge is 0.481 e. The van der Waals surface area contributed by atoms with Gasteiger partial charge in [0.05, 0.1) is 5.92 Å². The number of carbonyl (C=O) groups is 3. The number of nitrogens with zero attached hydrogens (tertiary/aromatic N) is 2. The number of ether oxygens (including phenoxy) is 1. The highest BCUT2D eigenvalue weighted by Gasteiger charge is 2.33. The lowest BCUT2D eigenvalue weighted by Crippen LogP contribution is -2.34. The summed E-state index contributed by atoms with van der Waals surface area (Å²) in [4.78, 5) is 36.2. The molecule has 2 amide bonds. The van der Waals surface area contributed by atoms with E-state index in [1.807, 2.05) is 48.5 Å². The Morgan fingerprint density at radius 3 is 2.32 bits per heavy atom. The summed E-state index contributed by atoms with van der Waals surface area (Å²) in [5, 5.41) is 21.4. The van der Waals surface area contributed by atoms with Crippen LogP contribution < -0.4 is 10.6 Å². The summed E-state index contributed by atoms with van der Waals surface area (Å²) in [5.41, 5.74) is 4.19. The maximum absolute atomic E-state index is 12.6. The fraction of sp³-hybridized carbons (Fsp3) is 0.292. The van der Waals surface area contributed by atoms with Gasteiger partial charge < -0.3 is 15.2 Å². The number of anilines is 1. The van der Waals surface area contributed by atoms with E-state index < -0.39 is 23.9 Å². The monoisotopic (exact) mass is 462 g/mol. The summed E-state index contributed by atoms with van der Waals surface area (Å²) in [6.45, 7) is 0.103. The molecule has 174 valence electrons. The molecule has 0 bridgehead atoms. The van der Waals surface area contributed by atoms with Crippen LogP contribution in [0.3, 0.4) is 0 Å². The molecule has 2 aliphatic carbocycles. The number of benzene rings is 2. The number of rotatable bonds is 6. The second-order valence-electron chi connectivity index (χ2n) is 8.43. The molecule has 34 heavy (non-hydrogen) atoms. The van der Waals surface area contributed by atoms with E-state index in [4.69, 9.17) is 9.84 Å². The van der Waals surface area contributed by atoms with Crippen LogP contribution in [0, 0.1) is 5.92 Å². The van der Waals surface area contributed by atoms with Crippen LogP contribution in [0.25, 0.3) is 11.1 Å². The van der Waals surface area contributed by atoms with Crippen molar-refractivity contribution in [2.75, 3.05) is 11.9 Å². The van der Waals surface area contributed by atoms with Crippen LogP contribution in [-0.4, -0.2) is 46.0 Å². The minimum Gasteiger partial charge on any atom is -0.481 e. The van der Waals surface area contributed by atoms with Crippen molar-refractivity contribution in [2.45, 2.75) is 31.2 Å². The third-order valence-electron chi connectivity index (χ3n) is 6.38. The molecule has 1 fully saturated rings. The van der Waals surface area contributed by atoms with Gasteiger partial charge in [-0.05, 0) is 51.8 Å². The van der Waals surface area contributed by atoms with Gasteiger partial charge in [-0.3, -0.25) is 14.9 Å². The minimum absolute atomic E-state index is 0.103. The molecule has 5 rings (SSSR count). The van der Waals surface area contributed by atoms with E-state index in [9.17, 15) is 14.4 Å². The van der Waals surface area contributed by atoms with Crippen molar-refractivity contribution in [1.29, 1.82) is 0 Å². The lowest BCUT2D eigenvalue weighted by molar-refractivity contribution is -0.141. The van der Waals surface area contributed by atoms with E-state index in [1.165, 1.54) is 0 Å². The van der Waals surface area contributed by atoms with Gasteiger partial charge in [0.15, 0.2) is 0 Å². The lowest BCUT2D eigenvalue weighted by atomic mass is 9.98. The number of aliphatic carboxylic acids is 1. The number of amides is 2. The first-order valence-corrected chi connectivity index (χ1v) is 11.0. The molecule has 2 atom stereocenters. The van der Waals surface area contributed by atoms with Gasteiger partial charge in [-0.25, -0.2) is 9.42 Å². The molecule has 3 aromatic rings. The second-order valence-corrected chi connectivity index (χ2v) is 8.43. The van der Waals surface area contributed by atoms with Gasteiger partial charge in [-0.15, -0.1) is 0 Å². The van der Waals surface area contributed by atoms with Gasteiger partial charge in [-0.2, -0.15) is 0 Å². The summed E-state index contributed by atoms with van der Waals surface area (Å²) in [6.07, 6.45) is 0.575. The van der Waals surface area contributed by atoms with Crippen LogP contribution >= 0.6 is 0 Å². The predicted molar refractivity (Wildman–Crippen MR) is 119 cm³/mol. The summed E-state index contributed by atoms with van der Waals surface area (Å²) in [5.74, 6) is -2.24. The molecule has 10 nitrogen and oxygen atoms in total. The van der Waals surface area contributed by atoms with Crippen LogP contribution in [0.15, 0.2) is 53.2 Å². The van der Waals surface area contributed by atoms with Crippen molar-refractivity contribution < 1.29 is 28.9 Å². The summed E-state index contributed by atoms with van der Waals surface area (Å²) >= 11 is 0. The summed E-state index contributed by atoms with van der Waals surface area (Å²) < 4.78 is 10.1. The molecule has 0 spiro atoms. The molecular formula is C24H22N4O6. The molecule has 2 aliphatic rings. The van der Waals surface area contributed by atoms with Crippen LogP contribution in [0.1, 0.15) is 46.8 Å². The third kappa shape index (κ3) is 4.09. The average molecular weight is 462 g/mol. The third-order valence-corrected chi connectivity index (χ3v) is 6.38. The number of nitrogens with one attached hydrogen (secondary N) is 2. The smallest absolute Gasteiger partial charge is 0.412 e. The Kier molecular flexibility index (Phi) is 5.70. The number of carboxylic acids is 1. The summed E-state index contributed by atoms with van der Waals surface area (Å²) in [7, 11) is 0. The van der Waals surface area contributed by atoms with E-state index in [2.05, 4.69) is 25.6 Å².